The lowest BCUT2D eigenvalue weighted by Gasteiger charge is -2.21. The number of aldehydes is 1. The minimum absolute atomic E-state index is 0.00497. The normalized spacial score (nSPS) is 18.6. The smallest absolute Gasteiger partial charge is 0.180 e. The Morgan fingerprint density at radius 2 is 2.19 bits per heavy atom. The molecule has 2 aromatic rings. The molecule has 6 nitrogen and oxygen atoms in total. The summed E-state index contributed by atoms with van der Waals surface area (Å²) in [7, 11) is 1.46. The molecule has 8 heteroatoms. The Labute approximate surface area is 182 Å². The fourth-order valence-corrected chi connectivity index (χ4v) is 5.90. The van der Waals surface area contributed by atoms with Crippen LogP contribution in [0.2, 0.25) is 0 Å². The van der Waals surface area contributed by atoms with Crippen molar-refractivity contribution in [3.63, 3.8) is 0 Å². The lowest BCUT2D eigenvalue weighted by molar-refractivity contribution is -0.116. The molecule has 1 atom stereocenters. The molecule has 3 aliphatic heterocycles. The summed E-state index contributed by atoms with van der Waals surface area (Å²) in [5, 5.41) is 11.3. The van der Waals surface area contributed by atoms with Crippen molar-refractivity contribution in [3.05, 3.63) is 51.5 Å². The number of carbonyl (C=O) groups is 2. The van der Waals surface area contributed by atoms with Gasteiger partial charge in [-0.2, -0.15) is 0 Å². The minimum atomic E-state index is -1.44. The monoisotopic (exact) mass is 440 g/mol. The molecule has 0 saturated heterocycles. The third kappa shape index (κ3) is 3.04. The van der Waals surface area contributed by atoms with E-state index in [2.05, 4.69) is 0 Å². The summed E-state index contributed by atoms with van der Waals surface area (Å²) in [5.41, 5.74) is 5.30. The van der Waals surface area contributed by atoms with E-state index in [0.717, 1.165) is 33.6 Å². The predicted octanol–water partition coefficient (Wildman–Crippen LogP) is 2.57. The van der Waals surface area contributed by atoms with Crippen LogP contribution in [0, 0.1) is 12.7 Å². The van der Waals surface area contributed by atoms with Crippen LogP contribution in [0.4, 0.5) is 4.39 Å². The lowest BCUT2D eigenvalue weighted by atomic mass is 9.95. The van der Waals surface area contributed by atoms with E-state index in [9.17, 15) is 19.1 Å². The standard InChI is InChI=1S/C23H21FN2O4S/c1-11-16(24)6-17-21-12(3-4-31-23(11)21)14-7-26-8-19(28)15(10-30-2)13(20(29)9-27)5-18(26)22(14)25-17/h5-6,9,20,29H,3-4,7-8,10H2,1-2H3. The molecular formula is C23H21FN2O4S. The van der Waals surface area contributed by atoms with Gasteiger partial charge in [-0.05, 0) is 36.1 Å². The molecule has 1 unspecified atom stereocenters. The molecule has 3 aliphatic rings. The van der Waals surface area contributed by atoms with Gasteiger partial charge in [-0.3, -0.25) is 4.79 Å². The number of hydrogen-bond donors (Lipinski definition) is 1. The van der Waals surface area contributed by atoms with Crippen molar-refractivity contribution < 1.29 is 23.8 Å². The number of nitrogens with zero attached hydrogens (tertiary/aromatic N) is 2. The van der Waals surface area contributed by atoms with E-state index < -0.39 is 6.10 Å². The molecule has 1 N–H and O–H groups in total. The van der Waals surface area contributed by atoms with Crippen molar-refractivity contribution in [1.29, 1.82) is 0 Å². The summed E-state index contributed by atoms with van der Waals surface area (Å²) in [6, 6.07) is 1.47. The second-order valence-electron chi connectivity index (χ2n) is 7.98. The van der Waals surface area contributed by atoms with Crippen LogP contribution in [0.5, 0.6) is 0 Å². The summed E-state index contributed by atoms with van der Waals surface area (Å²) in [4.78, 5) is 32.0. The van der Waals surface area contributed by atoms with E-state index in [1.54, 1.807) is 24.8 Å². The molecular weight excluding hydrogens is 419 g/mol. The first-order valence-electron chi connectivity index (χ1n) is 10.1. The fourth-order valence-electron chi connectivity index (χ4n) is 4.70. The molecule has 5 rings (SSSR count). The Bertz CT molecular complexity index is 1220. The number of ether oxygens (including phenoxy) is 1. The Kier molecular flexibility index (Phi) is 4.96. The second-order valence-corrected chi connectivity index (χ2v) is 9.08. The number of pyridine rings is 1. The van der Waals surface area contributed by atoms with Gasteiger partial charge < -0.3 is 19.5 Å². The van der Waals surface area contributed by atoms with E-state index in [-0.39, 0.29) is 35.9 Å². The Balaban J connectivity index is 1.77. The Morgan fingerprint density at radius 1 is 1.39 bits per heavy atom. The number of benzene rings is 1. The van der Waals surface area contributed by atoms with Crippen LogP contribution in [-0.2, 0) is 27.3 Å². The van der Waals surface area contributed by atoms with E-state index in [0.29, 0.717) is 35.3 Å². The van der Waals surface area contributed by atoms with Gasteiger partial charge in [-0.25, -0.2) is 9.37 Å². The van der Waals surface area contributed by atoms with Crippen LogP contribution in [-0.4, -0.2) is 59.2 Å². The minimum Gasteiger partial charge on any atom is -0.381 e. The van der Waals surface area contributed by atoms with Crippen LogP contribution in [0.3, 0.4) is 0 Å². The van der Waals surface area contributed by atoms with E-state index >= 15 is 0 Å². The van der Waals surface area contributed by atoms with Crippen LogP contribution in [0.1, 0.15) is 22.4 Å². The van der Waals surface area contributed by atoms with Gasteiger partial charge in [-0.1, -0.05) is 0 Å². The van der Waals surface area contributed by atoms with Crippen molar-refractivity contribution in [2.45, 2.75) is 30.9 Å². The number of ketones is 1. The van der Waals surface area contributed by atoms with Gasteiger partial charge in [0.05, 0.1) is 30.1 Å². The van der Waals surface area contributed by atoms with Gasteiger partial charge in [0.15, 0.2) is 12.1 Å². The van der Waals surface area contributed by atoms with Gasteiger partial charge in [0.2, 0.25) is 0 Å². The lowest BCUT2D eigenvalue weighted by Crippen LogP contribution is -2.26. The SMILES string of the molecule is COCC1=C(C(O)C=O)C=C2c3nc4cc(F)c(C)c5c4c(c3CN2CC1=O)CCS5. The first-order valence-corrected chi connectivity index (χ1v) is 11.1. The maximum Gasteiger partial charge on any atom is 0.180 e. The average molecular weight is 440 g/mol. The molecule has 0 radical (unpaired) electrons. The average Bonchev–Trinajstić information content (AvgIpc) is 3.03. The zero-order chi connectivity index (χ0) is 21.9. The maximum atomic E-state index is 14.6. The van der Waals surface area contributed by atoms with Crippen LogP contribution >= 0.6 is 11.8 Å². The molecule has 0 spiro atoms. The van der Waals surface area contributed by atoms with Crippen LogP contribution < -0.4 is 0 Å². The summed E-state index contributed by atoms with van der Waals surface area (Å²) in [6.07, 6.45) is 1.47. The number of halogens is 1. The first kappa shape index (κ1) is 20.4. The Hall–Kier alpha value is -2.55. The highest BCUT2D eigenvalue weighted by molar-refractivity contribution is 7.99. The zero-order valence-corrected chi connectivity index (χ0v) is 18.0. The molecule has 1 aromatic carbocycles. The van der Waals surface area contributed by atoms with Crippen molar-refractivity contribution in [2.75, 3.05) is 26.0 Å². The van der Waals surface area contributed by atoms with Gasteiger partial charge in [0, 0.05) is 46.9 Å². The number of hydrogen-bond acceptors (Lipinski definition) is 7. The third-order valence-electron chi connectivity index (χ3n) is 6.21. The van der Waals surface area contributed by atoms with Crippen molar-refractivity contribution in [1.82, 2.24) is 9.88 Å². The van der Waals surface area contributed by atoms with Gasteiger partial charge in [0.25, 0.3) is 0 Å². The highest BCUT2D eigenvalue weighted by Crippen LogP contribution is 2.45. The largest absolute Gasteiger partial charge is 0.381 e. The number of aliphatic hydroxyl groups excluding tert-OH is 1. The number of thioether (sulfide) groups is 1. The van der Waals surface area contributed by atoms with Gasteiger partial charge >= 0.3 is 0 Å². The third-order valence-corrected chi connectivity index (χ3v) is 7.42. The molecule has 31 heavy (non-hydrogen) atoms. The first-order chi connectivity index (χ1) is 14.9. The van der Waals surface area contributed by atoms with Crippen molar-refractivity contribution in [3.8, 4) is 0 Å². The number of aryl methyl sites for hydroxylation is 1. The fraction of sp³-hybridized carbons (Fsp3) is 0.348. The number of aromatic nitrogens is 1. The molecule has 0 bridgehead atoms. The number of fused-ring (bicyclic) bond motifs is 4. The number of carbonyl (C=O) groups excluding carboxylic acids is 2. The number of rotatable bonds is 4. The zero-order valence-electron chi connectivity index (χ0n) is 17.2. The molecule has 0 saturated carbocycles. The predicted molar refractivity (Wildman–Crippen MR) is 115 cm³/mol. The van der Waals surface area contributed by atoms with Crippen molar-refractivity contribution >= 4 is 40.4 Å². The summed E-state index contributed by atoms with van der Waals surface area (Å²) in [5.74, 6) is 0.371. The highest BCUT2D eigenvalue weighted by atomic mass is 32.2. The number of aliphatic hydroxyl groups is 1. The van der Waals surface area contributed by atoms with Crippen molar-refractivity contribution in [2.24, 2.45) is 0 Å². The summed E-state index contributed by atoms with van der Waals surface area (Å²) < 4.78 is 19.7. The van der Waals surface area contributed by atoms with Crippen LogP contribution in [0.15, 0.2) is 28.2 Å². The highest BCUT2D eigenvalue weighted by Gasteiger charge is 2.36. The second kappa shape index (κ2) is 7.55. The van der Waals surface area contributed by atoms with E-state index in [4.69, 9.17) is 9.72 Å². The molecule has 0 fully saturated rings. The maximum absolute atomic E-state index is 14.6. The summed E-state index contributed by atoms with van der Waals surface area (Å²) in [6.45, 7) is 2.41. The summed E-state index contributed by atoms with van der Waals surface area (Å²) >= 11 is 1.65. The molecule has 160 valence electrons. The molecule has 0 amide bonds. The molecule has 0 aliphatic carbocycles. The molecule has 4 heterocycles. The van der Waals surface area contributed by atoms with Gasteiger partial charge in [0.1, 0.15) is 11.9 Å². The van der Waals surface area contributed by atoms with Gasteiger partial charge in [-0.15, -0.1) is 11.8 Å². The number of Topliss-reactive ketones (excluding diaryl/α,β-unsaturated/α-hetero) is 1. The number of methoxy groups -OCH3 is 1. The molecule has 1 aromatic heterocycles. The van der Waals surface area contributed by atoms with E-state index in [1.165, 1.54) is 13.2 Å². The Morgan fingerprint density at radius 3 is 2.94 bits per heavy atom. The topological polar surface area (TPSA) is 79.7 Å². The van der Waals surface area contributed by atoms with Crippen LogP contribution in [0.25, 0.3) is 16.6 Å². The quantitative estimate of drug-likeness (QED) is 0.732. The van der Waals surface area contributed by atoms with E-state index in [1.807, 2.05) is 4.90 Å².